The molecule has 0 aliphatic heterocycles. The zero-order valence-corrected chi connectivity index (χ0v) is 7.68. The second-order valence-corrected chi connectivity index (χ2v) is 3.55. The van der Waals surface area contributed by atoms with Gasteiger partial charge in [0, 0.05) is 12.5 Å². The quantitative estimate of drug-likeness (QED) is 0.636. The van der Waals surface area contributed by atoms with Gasteiger partial charge in [0.15, 0.2) is 0 Å². The van der Waals surface area contributed by atoms with Crippen LogP contribution in [-0.2, 0) is 0 Å². The number of nitriles is 1. The molecule has 0 unspecified atom stereocenters. The summed E-state index contributed by atoms with van der Waals surface area (Å²) < 4.78 is 0. The molecule has 1 aliphatic carbocycles. The lowest BCUT2D eigenvalue weighted by Crippen LogP contribution is -2.26. The van der Waals surface area contributed by atoms with Crippen LogP contribution in [0.25, 0.3) is 0 Å². The van der Waals surface area contributed by atoms with Gasteiger partial charge in [0.05, 0.1) is 6.07 Å². The van der Waals surface area contributed by atoms with E-state index in [1.54, 1.807) is 0 Å². The fourth-order valence-electron chi connectivity index (χ4n) is 1.77. The number of hydrogen-bond donors (Lipinski definition) is 1. The molecule has 12 heavy (non-hydrogen) atoms. The molecule has 0 aromatic heterocycles. The minimum Gasteiger partial charge on any atom is -0.314 e. The van der Waals surface area contributed by atoms with E-state index < -0.39 is 0 Å². The Hall–Kier alpha value is -0.550. The van der Waals surface area contributed by atoms with Crippen LogP contribution in [0, 0.1) is 11.3 Å². The first-order chi connectivity index (χ1) is 5.93. The molecule has 1 rings (SSSR count). The first kappa shape index (κ1) is 9.54. The highest BCUT2D eigenvalue weighted by atomic mass is 14.9. The first-order valence-corrected chi connectivity index (χ1v) is 5.04. The molecule has 0 amide bonds. The molecule has 0 spiro atoms. The average Bonchev–Trinajstić information content (AvgIpc) is 2.57. The molecule has 0 radical (unpaired) electrons. The molecule has 0 heterocycles. The lowest BCUT2D eigenvalue weighted by molar-refractivity contribution is 0.509. The molecule has 2 heteroatoms. The van der Waals surface area contributed by atoms with Crippen LogP contribution < -0.4 is 5.32 Å². The molecule has 0 aromatic rings. The zero-order chi connectivity index (χ0) is 8.65. The Morgan fingerprint density at radius 2 is 2.00 bits per heavy atom. The second kappa shape index (κ2) is 6.02. The van der Waals surface area contributed by atoms with Crippen LogP contribution in [0.4, 0.5) is 0 Å². The summed E-state index contributed by atoms with van der Waals surface area (Å²) in [5, 5.41) is 11.8. The summed E-state index contributed by atoms with van der Waals surface area (Å²) in [5.74, 6) is 0. The van der Waals surface area contributed by atoms with Crippen molar-refractivity contribution in [3.05, 3.63) is 0 Å². The smallest absolute Gasteiger partial charge is 0.0621 e. The fourth-order valence-corrected chi connectivity index (χ4v) is 1.77. The van der Waals surface area contributed by atoms with Crippen molar-refractivity contribution in [1.82, 2.24) is 5.32 Å². The summed E-state index contributed by atoms with van der Waals surface area (Å²) >= 11 is 0. The normalized spacial score (nSPS) is 17.9. The van der Waals surface area contributed by atoms with E-state index in [1.807, 2.05) is 0 Å². The molecule has 0 saturated heterocycles. The molecule has 0 bridgehead atoms. The summed E-state index contributed by atoms with van der Waals surface area (Å²) in [6, 6.07) is 2.95. The molecule has 68 valence electrons. The molecule has 1 saturated carbocycles. The van der Waals surface area contributed by atoms with E-state index in [1.165, 1.54) is 25.7 Å². The highest BCUT2D eigenvalue weighted by Crippen LogP contribution is 2.17. The van der Waals surface area contributed by atoms with Gasteiger partial charge in [-0.2, -0.15) is 5.26 Å². The van der Waals surface area contributed by atoms with Crippen LogP contribution >= 0.6 is 0 Å². The third kappa shape index (κ3) is 3.73. The number of hydrogen-bond acceptors (Lipinski definition) is 2. The van der Waals surface area contributed by atoms with Gasteiger partial charge in [-0.3, -0.25) is 0 Å². The van der Waals surface area contributed by atoms with Crippen LogP contribution in [0.5, 0.6) is 0 Å². The Morgan fingerprint density at radius 1 is 1.25 bits per heavy atom. The minimum absolute atomic E-state index is 0.715. The Bertz CT molecular complexity index is 142. The summed E-state index contributed by atoms with van der Waals surface area (Å²) in [7, 11) is 0. The third-order valence-corrected chi connectivity index (χ3v) is 2.50. The van der Waals surface area contributed by atoms with Crippen LogP contribution in [0.15, 0.2) is 0 Å². The van der Waals surface area contributed by atoms with Gasteiger partial charge in [0.2, 0.25) is 0 Å². The van der Waals surface area contributed by atoms with Crippen LogP contribution in [0.2, 0.25) is 0 Å². The minimum atomic E-state index is 0.715. The van der Waals surface area contributed by atoms with Crippen molar-refractivity contribution in [2.24, 2.45) is 0 Å². The molecule has 1 aliphatic rings. The van der Waals surface area contributed by atoms with E-state index in [4.69, 9.17) is 5.26 Å². The van der Waals surface area contributed by atoms with Crippen molar-refractivity contribution < 1.29 is 0 Å². The monoisotopic (exact) mass is 166 g/mol. The lowest BCUT2D eigenvalue weighted by atomic mass is 10.2. The molecule has 0 aromatic carbocycles. The largest absolute Gasteiger partial charge is 0.314 e. The summed E-state index contributed by atoms with van der Waals surface area (Å²) in [5.41, 5.74) is 0. The second-order valence-electron chi connectivity index (χ2n) is 3.55. The van der Waals surface area contributed by atoms with E-state index in [2.05, 4.69) is 11.4 Å². The van der Waals surface area contributed by atoms with Crippen molar-refractivity contribution in [2.45, 2.75) is 51.0 Å². The predicted molar refractivity (Wildman–Crippen MR) is 49.7 cm³/mol. The van der Waals surface area contributed by atoms with Crippen LogP contribution in [0.1, 0.15) is 44.9 Å². The Morgan fingerprint density at radius 3 is 2.67 bits per heavy atom. The average molecular weight is 166 g/mol. The third-order valence-electron chi connectivity index (χ3n) is 2.50. The predicted octanol–water partition coefficient (Wildman–Crippen LogP) is 2.21. The van der Waals surface area contributed by atoms with E-state index in [9.17, 15) is 0 Å². The van der Waals surface area contributed by atoms with Gasteiger partial charge in [-0.05, 0) is 32.2 Å². The number of nitrogens with zero attached hydrogens (tertiary/aromatic N) is 1. The summed E-state index contributed by atoms with van der Waals surface area (Å²) in [6.07, 6.45) is 8.44. The van der Waals surface area contributed by atoms with Gasteiger partial charge in [0.25, 0.3) is 0 Å². The maximum Gasteiger partial charge on any atom is 0.0621 e. The molecule has 2 nitrogen and oxygen atoms in total. The summed E-state index contributed by atoms with van der Waals surface area (Å²) in [4.78, 5) is 0. The fraction of sp³-hybridized carbons (Fsp3) is 0.900. The van der Waals surface area contributed by atoms with Gasteiger partial charge in [-0.15, -0.1) is 0 Å². The highest BCUT2D eigenvalue weighted by molar-refractivity contribution is 4.74. The number of unbranched alkanes of at least 4 members (excludes halogenated alkanes) is 2. The van der Waals surface area contributed by atoms with Gasteiger partial charge in [0.1, 0.15) is 0 Å². The molecule has 1 fully saturated rings. The van der Waals surface area contributed by atoms with Crippen molar-refractivity contribution >= 4 is 0 Å². The maximum absolute atomic E-state index is 8.31. The highest BCUT2D eigenvalue weighted by Gasteiger charge is 2.12. The van der Waals surface area contributed by atoms with E-state index in [0.717, 1.165) is 25.4 Å². The topological polar surface area (TPSA) is 35.8 Å². The van der Waals surface area contributed by atoms with Crippen molar-refractivity contribution in [1.29, 1.82) is 5.26 Å². The van der Waals surface area contributed by atoms with Gasteiger partial charge < -0.3 is 5.32 Å². The number of nitrogens with one attached hydrogen (secondary N) is 1. The van der Waals surface area contributed by atoms with Crippen molar-refractivity contribution in [3.63, 3.8) is 0 Å². The Labute approximate surface area is 75.0 Å². The SMILES string of the molecule is N#CCCCCNC1CCCC1. The molecular formula is C10H18N2. The van der Waals surface area contributed by atoms with E-state index in [-0.39, 0.29) is 0 Å². The van der Waals surface area contributed by atoms with Crippen molar-refractivity contribution in [2.75, 3.05) is 6.54 Å². The van der Waals surface area contributed by atoms with Gasteiger partial charge in [-0.25, -0.2) is 0 Å². The van der Waals surface area contributed by atoms with Gasteiger partial charge >= 0.3 is 0 Å². The first-order valence-electron chi connectivity index (χ1n) is 5.04. The van der Waals surface area contributed by atoms with E-state index >= 15 is 0 Å². The maximum atomic E-state index is 8.31. The Kier molecular flexibility index (Phi) is 4.79. The van der Waals surface area contributed by atoms with Crippen molar-refractivity contribution in [3.8, 4) is 6.07 Å². The molecule has 1 N–H and O–H groups in total. The molecule has 0 atom stereocenters. The summed E-state index contributed by atoms with van der Waals surface area (Å²) in [6.45, 7) is 1.10. The van der Waals surface area contributed by atoms with Gasteiger partial charge in [-0.1, -0.05) is 12.8 Å². The van der Waals surface area contributed by atoms with E-state index in [0.29, 0.717) is 6.42 Å². The van der Waals surface area contributed by atoms with Crippen LogP contribution in [-0.4, -0.2) is 12.6 Å². The Balaban J connectivity index is 1.85. The number of rotatable bonds is 5. The zero-order valence-electron chi connectivity index (χ0n) is 7.68. The van der Waals surface area contributed by atoms with Crippen LogP contribution in [0.3, 0.4) is 0 Å². The molecular weight excluding hydrogens is 148 g/mol. The standard InChI is InChI=1S/C10H18N2/c11-8-4-1-5-9-12-10-6-2-3-7-10/h10,12H,1-7,9H2. The lowest BCUT2D eigenvalue weighted by Gasteiger charge is -2.10.